The number of non-ortho nitro benzene ring substituents is 1. The molecular weight excluding hydrogens is 408 g/mol. The van der Waals surface area contributed by atoms with Crippen LogP contribution in [0.1, 0.15) is 26.3 Å². The van der Waals surface area contributed by atoms with Crippen LogP contribution >= 0.6 is 11.8 Å². The van der Waals surface area contributed by atoms with E-state index in [1.165, 1.54) is 0 Å². The van der Waals surface area contributed by atoms with Gasteiger partial charge in [0, 0.05) is 29.4 Å². The lowest BCUT2D eigenvalue weighted by atomic mass is 9.79. The van der Waals surface area contributed by atoms with Gasteiger partial charge in [0.15, 0.2) is 5.17 Å². The van der Waals surface area contributed by atoms with Crippen molar-refractivity contribution in [2.75, 3.05) is 19.0 Å². The Morgan fingerprint density at radius 2 is 2.24 bits per heavy atom. The molecule has 11 heteroatoms. The number of amidine groups is 1. The third-order valence-corrected chi connectivity index (χ3v) is 5.66. The van der Waals surface area contributed by atoms with Crippen molar-refractivity contribution in [2.45, 2.75) is 38.0 Å². The first-order chi connectivity index (χ1) is 13.6. The van der Waals surface area contributed by atoms with Gasteiger partial charge < -0.3 is 9.47 Å². The molecule has 3 atom stereocenters. The molecule has 0 saturated carbocycles. The zero-order valence-corrected chi connectivity index (χ0v) is 16.9. The van der Waals surface area contributed by atoms with E-state index in [0.29, 0.717) is 0 Å². The van der Waals surface area contributed by atoms with Gasteiger partial charge in [-0.15, -0.1) is 0 Å². The van der Waals surface area contributed by atoms with Crippen LogP contribution in [0.2, 0.25) is 0 Å². The van der Waals surface area contributed by atoms with E-state index >= 15 is 0 Å². The van der Waals surface area contributed by atoms with Crippen LogP contribution in [0.5, 0.6) is 0 Å². The second-order valence-electron chi connectivity index (χ2n) is 7.81. The molecule has 0 aromatic heterocycles. The van der Waals surface area contributed by atoms with E-state index in [1.54, 1.807) is 20.8 Å². The van der Waals surface area contributed by atoms with Crippen molar-refractivity contribution in [1.82, 2.24) is 5.32 Å². The first kappa shape index (κ1) is 21.4. The van der Waals surface area contributed by atoms with Crippen molar-refractivity contribution in [3.8, 4) is 0 Å². The maximum atomic E-state index is 14.7. The number of halogens is 2. The Bertz CT molecular complexity index is 860. The predicted octanol–water partition coefficient (Wildman–Crippen LogP) is 3.54. The fourth-order valence-electron chi connectivity index (χ4n) is 3.41. The molecule has 0 unspecified atom stereocenters. The third kappa shape index (κ3) is 4.35. The van der Waals surface area contributed by atoms with Gasteiger partial charge in [-0.2, -0.15) is 0 Å². The molecule has 2 aliphatic heterocycles. The van der Waals surface area contributed by atoms with Gasteiger partial charge in [-0.1, -0.05) is 11.8 Å². The number of nitrogens with zero attached hydrogens (tertiary/aromatic N) is 2. The summed E-state index contributed by atoms with van der Waals surface area (Å²) in [7, 11) is 0. The highest BCUT2D eigenvalue weighted by Crippen LogP contribution is 2.49. The van der Waals surface area contributed by atoms with Gasteiger partial charge in [0.2, 0.25) is 0 Å². The molecule has 0 radical (unpaired) electrons. The number of aliphatic imine (C=N–C) groups is 1. The minimum absolute atomic E-state index is 0.0589. The van der Waals surface area contributed by atoms with Gasteiger partial charge in [-0.25, -0.2) is 18.6 Å². The molecule has 8 nitrogen and oxygen atoms in total. The first-order valence-corrected chi connectivity index (χ1v) is 9.89. The number of alkyl carbamates (subject to hydrolysis) is 1. The van der Waals surface area contributed by atoms with E-state index in [0.717, 1.165) is 30.0 Å². The summed E-state index contributed by atoms with van der Waals surface area (Å²) in [5.41, 5.74) is -2.49. The number of alkyl halides is 1. The predicted molar refractivity (Wildman–Crippen MR) is 103 cm³/mol. The Morgan fingerprint density at radius 3 is 2.86 bits per heavy atom. The van der Waals surface area contributed by atoms with Crippen molar-refractivity contribution >= 4 is 28.7 Å². The molecule has 2 heterocycles. The maximum absolute atomic E-state index is 14.7. The van der Waals surface area contributed by atoms with Gasteiger partial charge in [-0.3, -0.25) is 15.4 Å². The lowest BCUT2D eigenvalue weighted by Crippen LogP contribution is -2.45. The maximum Gasteiger partial charge on any atom is 0.413 e. The van der Waals surface area contributed by atoms with E-state index in [-0.39, 0.29) is 28.8 Å². The number of thioether (sulfide) groups is 1. The summed E-state index contributed by atoms with van der Waals surface area (Å²) in [6.07, 6.45) is -1.56. The molecule has 1 N–H and O–H groups in total. The molecule has 1 saturated heterocycles. The number of nitro groups is 1. The van der Waals surface area contributed by atoms with Crippen LogP contribution in [-0.4, -0.2) is 46.9 Å². The van der Waals surface area contributed by atoms with Crippen molar-refractivity contribution in [2.24, 2.45) is 10.9 Å². The lowest BCUT2D eigenvalue weighted by Gasteiger charge is -2.36. The second kappa shape index (κ2) is 7.86. The molecule has 1 fully saturated rings. The van der Waals surface area contributed by atoms with E-state index in [2.05, 4.69) is 10.3 Å². The number of carbonyl (C=O) groups is 1. The van der Waals surface area contributed by atoms with Crippen molar-refractivity contribution in [3.05, 3.63) is 39.7 Å². The molecule has 0 aliphatic carbocycles. The number of nitro benzene ring substituents is 1. The Hall–Kier alpha value is -2.27. The first-order valence-electron chi connectivity index (χ1n) is 8.90. The quantitative estimate of drug-likeness (QED) is 0.582. The molecule has 0 bridgehead atoms. The van der Waals surface area contributed by atoms with Crippen molar-refractivity contribution in [1.29, 1.82) is 0 Å². The zero-order valence-electron chi connectivity index (χ0n) is 16.1. The number of amides is 1. The Balaban J connectivity index is 2.02. The van der Waals surface area contributed by atoms with Gasteiger partial charge in [-0.05, 0) is 26.8 Å². The summed E-state index contributed by atoms with van der Waals surface area (Å²) in [6, 6.07) is 3.13. The standard InChI is InChI=1S/C18H21F2N3O5S/c1-17(2,3)28-16(24)21-15-22-18(9-27-14(7-19)12(18)8-29-15)11-6-10(23(25)26)4-5-13(11)20/h4-6,12,14H,7-9H2,1-3H3,(H,21,22,24)/t12-,14-,18-/m1/s1. The molecular formula is C18H21F2N3O5S. The van der Waals surface area contributed by atoms with Crippen LogP contribution in [0.3, 0.4) is 0 Å². The fraction of sp³-hybridized carbons (Fsp3) is 0.556. The Labute approximate surface area is 170 Å². The molecule has 3 rings (SSSR count). The minimum Gasteiger partial charge on any atom is -0.444 e. The monoisotopic (exact) mass is 429 g/mol. The highest BCUT2D eigenvalue weighted by molar-refractivity contribution is 8.13. The smallest absolute Gasteiger partial charge is 0.413 e. The number of benzene rings is 1. The van der Waals surface area contributed by atoms with Gasteiger partial charge in [0.25, 0.3) is 5.69 Å². The highest BCUT2D eigenvalue weighted by Gasteiger charge is 2.54. The van der Waals surface area contributed by atoms with Gasteiger partial charge >= 0.3 is 6.09 Å². The summed E-state index contributed by atoms with van der Waals surface area (Å²) in [6.45, 7) is 4.15. The summed E-state index contributed by atoms with van der Waals surface area (Å²) in [5.74, 6) is -0.986. The number of hydrogen-bond acceptors (Lipinski definition) is 7. The second-order valence-corrected chi connectivity index (χ2v) is 8.82. The number of carbonyl (C=O) groups excluding carboxylic acids is 1. The van der Waals surface area contributed by atoms with E-state index in [9.17, 15) is 23.7 Å². The third-order valence-electron chi connectivity index (χ3n) is 4.67. The molecule has 0 spiro atoms. The Kier molecular flexibility index (Phi) is 5.81. The molecule has 1 aromatic rings. The molecule has 2 aliphatic rings. The van der Waals surface area contributed by atoms with Crippen LogP contribution in [0.4, 0.5) is 19.3 Å². The number of nitrogens with one attached hydrogen (secondary N) is 1. The van der Waals surface area contributed by atoms with E-state index in [4.69, 9.17) is 9.47 Å². The van der Waals surface area contributed by atoms with Gasteiger partial charge in [0.05, 0.1) is 17.6 Å². The Morgan fingerprint density at radius 1 is 1.52 bits per heavy atom. The fourth-order valence-corrected chi connectivity index (χ4v) is 4.62. The number of hydrogen-bond donors (Lipinski definition) is 1. The van der Waals surface area contributed by atoms with Crippen LogP contribution < -0.4 is 5.32 Å². The summed E-state index contributed by atoms with van der Waals surface area (Å²) < 4.78 is 38.9. The van der Waals surface area contributed by atoms with Crippen molar-refractivity contribution in [3.63, 3.8) is 0 Å². The molecule has 1 amide bonds. The SMILES string of the molecule is CC(C)(C)OC(=O)NC1=N[C@@]2(c3cc([N+](=O)[O-])ccc3F)CO[C@H](CF)[C@H]2CS1. The minimum atomic E-state index is -1.39. The summed E-state index contributed by atoms with van der Waals surface area (Å²) in [4.78, 5) is 27.1. The van der Waals surface area contributed by atoms with Crippen LogP contribution in [0, 0.1) is 21.8 Å². The summed E-state index contributed by atoms with van der Waals surface area (Å²) >= 11 is 1.16. The van der Waals surface area contributed by atoms with Crippen molar-refractivity contribution < 1.29 is 28.0 Å². The average molecular weight is 429 g/mol. The zero-order chi connectivity index (χ0) is 21.4. The van der Waals surface area contributed by atoms with E-state index in [1.807, 2.05) is 0 Å². The number of fused-ring (bicyclic) bond motifs is 1. The van der Waals surface area contributed by atoms with Gasteiger partial charge in [0.1, 0.15) is 23.6 Å². The van der Waals surface area contributed by atoms with Crippen LogP contribution in [-0.2, 0) is 15.0 Å². The van der Waals surface area contributed by atoms with E-state index < -0.39 is 46.7 Å². The van der Waals surface area contributed by atoms with Crippen LogP contribution in [0.25, 0.3) is 0 Å². The number of ether oxygens (including phenoxy) is 2. The largest absolute Gasteiger partial charge is 0.444 e. The molecule has 1 aromatic carbocycles. The number of rotatable bonds is 3. The molecule has 29 heavy (non-hydrogen) atoms. The normalized spacial score (nSPS) is 26.4. The average Bonchev–Trinajstić information content (AvgIpc) is 2.98. The lowest BCUT2D eigenvalue weighted by molar-refractivity contribution is -0.385. The summed E-state index contributed by atoms with van der Waals surface area (Å²) in [5, 5.41) is 13.9. The highest BCUT2D eigenvalue weighted by atomic mass is 32.2. The molecule has 158 valence electrons. The topological polar surface area (TPSA) is 103 Å². The van der Waals surface area contributed by atoms with Crippen LogP contribution in [0.15, 0.2) is 23.2 Å².